The monoisotopic (exact) mass is 294 g/mol. The Morgan fingerprint density at radius 3 is 1.33 bits per heavy atom. The molecule has 0 rings (SSSR count). The van der Waals surface area contributed by atoms with Crippen molar-refractivity contribution < 1.29 is 31.8 Å². The van der Waals surface area contributed by atoms with Gasteiger partial charge in [-0.25, -0.2) is 0 Å². The molecule has 104 valence electrons. The summed E-state index contributed by atoms with van der Waals surface area (Å²) in [4.78, 5) is 32.9. The molecule has 0 amide bonds. The first-order valence-corrected chi connectivity index (χ1v) is 10.3. The standard InChI is InChI=1S/C9H18O7Si2/c1-7(10)13-17(4,5)16-18(6,14-8(2)11)15-9(3)12/h1-6H3. The number of carbonyl (C=O) groups is 3. The summed E-state index contributed by atoms with van der Waals surface area (Å²) in [7, 11) is -6.37. The first-order chi connectivity index (χ1) is 7.96. The van der Waals surface area contributed by atoms with Gasteiger partial charge in [0.2, 0.25) is 0 Å². The molecule has 9 heteroatoms. The van der Waals surface area contributed by atoms with Crippen LogP contribution in [0, 0.1) is 0 Å². The maximum absolute atomic E-state index is 11.0. The molecule has 18 heavy (non-hydrogen) atoms. The third kappa shape index (κ3) is 7.19. The van der Waals surface area contributed by atoms with E-state index in [2.05, 4.69) is 0 Å². The third-order valence-electron chi connectivity index (χ3n) is 1.48. The third-order valence-corrected chi connectivity index (χ3v) is 7.02. The second-order valence-corrected chi connectivity index (χ2v) is 10.1. The van der Waals surface area contributed by atoms with Crippen LogP contribution in [0.15, 0.2) is 0 Å². The molecule has 0 aliphatic heterocycles. The van der Waals surface area contributed by atoms with Crippen LogP contribution in [0.4, 0.5) is 0 Å². The van der Waals surface area contributed by atoms with Crippen molar-refractivity contribution in [3.8, 4) is 0 Å². The molecule has 0 aromatic rings. The van der Waals surface area contributed by atoms with Crippen molar-refractivity contribution in [3.63, 3.8) is 0 Å². The highest BCUT2D eigenvalue weighted by Crippen LogP contribution is 2.18. The Balaban J connectivity index is 4.92. The quantitative estimate of drug-likeness (QED) is 0.698. The highest BCUT2D eigenvalue weighted by molar-refractivity contribution is 6.78. The SMILES string of the molecule is CC(=O)O[Si](C)(C)O[Si](C)(OC(C)=O)OC(C)=O. The molecular formula is C9H18O7Si2. The van der Waals surface area contributed by atoms with Gasteiger partial charge in [0.15, 0.2) is 0 Å². The Morgan fingerprint density at radius 1 is 0.722 bits per heavy atom. The van der Waals surface area contributed by atoms with Crippen LogP contribution in [-0.2, 0) is 31.8 Å². The predicted molar refractivity (Wildman–Crippen MR) is 65.5 cm³/mol. The Kier molecular flexibility index (Phi) is 5.71. The summed E-state index contributed by atoms with van der Waals surface area (Å²) >= 11 is 0. The van der Waals surface area contributed by atoms with Gasteiger partial charge in [0.05, 0.1) is 0 Å². The lowest BCUT2D eigenvalue weighted by molar-refractivity contribution is -0.141. The predicted octanol–water partition coefficient (Wildman–Crippen LogP) is 0.963. The summed E-state index contributed by atoms with van der Waals surface area (Å²) < 4.78 is 20.4. The van der Waals surface area contributed by atoms with Crippen molar-refractivity contribution in [2.45, 2.75) is 40.4 Å². The fourth-order valence-electron chi connectivity index (χ4n) is 1.40. The van der Waals surface area contributed by atoms with E-state index in [1.807, 2.05) is 0 Å². The average molecular weight is 294 g/mol. The molecule has 0 aromatic carbocycles. The van der Waals surface area contributed by atoms with E-state index in [0.717, 1.165) is 0 Å². The number of hydrogen-bond donors (Lipinski definition) is 0. The topological polar surface area (TPSA) is 88.1 Å². The lowest BCUT2D eigenvalue weighted by Crippen LogP contribution is -2.54. The fourth-order valence-corrected chi connectivity index (χ4v) is 7.25. The molecule has 0 bridgehead atoms. The smallest absolute Gasteiger partial charge is 0.495 e. The number of rotatable bonds is 5. The zero-order valence-corrected chi connectivity index (χ0v) is 13.4. The molecule has 0 spiro atoms. The van der Waals surface area contributed by atoms with Gasteiger partial charge in [-0.15, -0.1) is 0 Å². The lowest BCUT2D eigenvalue weighted by atomic mass is 10.9. The van der Waals surface area contributed by atoms with E-state index in [-0.39, 0.29) is 0 Å². The van der Waals surface area contributed by atoms with Crippen LogP contribution < -0.4 is 0 Å². The molecule has 7 nitrogen and oxygen atoms in total. The molecule has 0 atom stereocenters. The molecule has 0 fully saturated rings. The second-order valence-electron chi connectivity index (χ2n) is 4.15. The van der Waals surface area contributed by atoms with E-state index >= 15 is 0 Å². The first kappa shape index (κ1) is 16.8. The van der Waals surface area contributed by atoms with Gasteiger partial charge in [0.1, 0.15) is 0 Å². The molecule has 0 unspecified atom stereocenters. The summed E-state index contributed by atoms with van der Waals surface area (Å²) in [5, 5.41) is 0. The maximum Gasteiger partial charge on any atom is 0.624 e. The minimum Gasteiger partial charge on any atom is -0.495 e. The largest absolute Gasteiger partial charge is 0.624 e. The van der Waals surface area contributed by atoms with Crippen molar-refractivity contribution >= 4 is 35.3 Å². The van der Waals surface area contributed by atoms with Crippen molar-refractivity contribution in [2.75, 3.05) is 0 Å². The van der Waals surface area contributed by atoms with E-state index < -0.39 is 35.3 Å². The van der Waals surface area contributed by atoms with Crippen LogP contribution in [0.5, 0.6) is 0 Å². The highest BCUT2D eigenvalue weighted by Gasteiger charge is 2.49. The molecule has 0 heterocycles. The molecule has 0 saturated carbocycles. The summed E-state index contributed by atoms with van der Waals surface area (Å²) in [6.45, 7) is 8.18. The summed E-state index contributed by atoms with van der Waals surface area (Å²) in [5.74, 6) is -1.76. The van der Waals surface area contributed by atoms with Crippen LogP contribution in [0.3, 0.4) is 0 Å². The Hall–Kier alpha value is -1.20. The minimum absolute atomic E-state index is 0.506. The van der Waals surface area contributed by atoms with E-state index in [1.54, 1.807) is 13.1 Å². The van der Waals surface area contributed by atoms with Crippen molar-refractivity contribution in [3.05, 3.63) is 0 Å². The lowest BCUT2D eigenvalue weighted by Gasteiger charge is -2.31. The highest BCUT2D eigenvalue weighted by atomic mass is 28.5. The molecule has 0 aliphatic carbocycles. The van der Waals surface area contributed by atoms with Crippen LogP contribution in [0.2, 0.25) is 19.6 Å². The summed E-state index contributed by atoms with van der Waals surface area (Å²) in [6, 6.07) is 0. The first-order valence-electron chi connectivity index (χ1n) is 5.25. The molecule has 0 saturated heterocycles. The zero-order chi connectivity index (χ0) is 14.6. The van der Waals surface area contributed by atoms with Crippen LogP contribution >= 0.6 is 0 Å². The number of carbonyl (C=O) groups excluding carboxylic acids is 3. The Morgan fingerprint density at radius 2 is 1.06 bits per heavy atom. The number of hydrogen-bond acceptors (Lipinski definition) is 7. The van der Waals surface area contributed by atoms with Gasteiger partial charge in [-0.3, -0.25) is 14.4 Å². The second kappa shape index (κ2) is 6.11. The van der Waals surface area contributed by atoms with E-state index in [0.29, 0.717) is 0 Å². The molecule has 0 radical (unpaired) electrons. The average Bonchev–Trinajstić information content (AvgIpc) is 1.92. The van der Waals surface area contributed by atoms with E-state index in [4.69, 9.17) is 17.4 Å². The summed E-state index contributed by atoms with van der Waals surface area (Å²) in [6.07, 6.45) is 0. The van der Waals surface area contributed by atoms with Crippen molar-refractivity contribution in [1.29, 1.82) is 0 Å². The summed E-state index contributed by atoms with van der Waals surface area (Å²) in [5.41, 5.74) is 0. The van der Waals surface area contributed by atoms with Crippen LogP contribution in [0.25, 0.3) is 0 Å². The van der Waals surface area contributed by atoms with Gasteiger partial charge in [0, 0.05) is 27.3 Å². The molecule has 0 aliphatic rings. The van der Waals surface area contributed by atoms with E-state index in [9.17, 15) is 14.4 Å². The molecule has 0 N–H and O–H groups in total. The van der Waals surface area contributed by atoms with Gasteiger partial charge < -0.3 is 17.4 Å². The normalized spacial score (nSPS) is 11.7. The zero-order valence-electron chi connectivity index (χ0n) is 11.4. The molecular weight excluding hydrogens is 276 g/mol. The van der Waals surface area contributed by atoms with Gasteiger partial charge in [-0.1, -0.05) is 0 Å². The van der Waals surface area contributed by atoms with Crippen molar-refractivity contribution in [1.82, 2.24) is 0 Å². The van der Waals surface area contributed by atoms with E-state index in [1.165, 1.54) is 27.3 Å². The Labute approximate surface area is 108 Å². The maximum atomic E-state index is 11.0. The fraction of sp³-hybridized carbons (Fsp3) is 0.667. The van der Waals surface area contributed by atoms with Crippen LogP contribution in [-0.4, -0.2) is 35.3 Å². The minimum atomic E-state index is -3.49. The van der Waals surface area contributed by atoms with Crippen LogP contribution in [0.1, 0.15) is 20.8 Å². The van der Waals surface area contributed by atoms with Gasteiger partial charge in [-0.2, -0.15) is 0 Å². The van der Waals surface area contributed by atoms with Gasteiger partial charge >= 0.3 is 17.4 Å². The Bertz CT molecular complexity index is 337. The van der Waals surface area contributed by atoms with Gasteiger partial charge in [0.25, 0.3) is 17.9 Å². The van der Waals surface area contributed by atoms with Gasteiger partial charge in [-0.05, 0) is 13.1 Å². The van der Waals surface area contributed by atoms with Crippen molar-refractivity contribution in [2.24, 2.45) is 0 Å². The molecule has 0 aromatic heterocycles.